The number of hydrogen-bond acceptors (Lipinski definition) is 4. The largest absolute Gasteiger partial charge is 0.496 e. The number of ether oxygens (including phenoxy) is 1. The molecule has 4 nitrogen and oxygen atoms in total. The van der Waals surface area contributed by atoms with Crippen LogP contribution < -0.4 is 10.1 Å². The number of benzene rings is 2. The first-order chi connectivity index (χ1) is 10.8. The van der Waals surface area contributed by atoms with E-state index in [-0.39, 0.29) is 0 Å². The summed E-state index contributed by atoms with van der Waals surface area (Å²) in [6, 6.07) is 18.8. The van der Waals surface area contributed by atoms with Crippen LogP contribution in [0.2, 0.25) is 0 Å². The van der Waals surface area contributed by atoms with Gasteiger partial charge in [0.25, 0.3) is 0 Å². The van der Waals surface area contributed by atoms with Crippen LogP contribution in [0.15, 0.2) is 54.9 Å². The molecule has 1 radical (unpaired) electrons. The predicted octanol–water partition coefficient (Wildman–Crippen LogP) is 4.00. The highest BCUT2D eigenvalue weighted by atomic mass is 16.5. The van der Waals surface area contributed by atoms with Crippen molar-refractivity contribution in [3.05, 3.63) is 66.5 Å². The molecule has 0 saturated heterocycles. The van der Waals surface area contributed by atoms with E-state index in [2.05, 4.69) is 21.4 Å². The van der Waals surface area contributed by atoms with E-state index >= 15 is 0 Å². The smallest absolute Gasteiger partial charge is 0.134 e. The summed E-state index contributed by atoms with van der Waals surface area (Å²) in [5, 5.41) is 3.26. The molecule has 0 saturated carbocycles. The quantitative estimate of drug-likeness (QED) is 0.789. The highest BCUT2D eigenvalue weighted by molar-refractivity contribution is 5.70. The van der Waals surface area contributed by atoms with Crippen molar-refractivity contribution in [1.29, 1.82) is 0 Å². The molecule has 3 aromatic rings. The van der Waals surface area contributed by atoms with E-state index in [0.29, 0.717) is 0 Å². The second-order valence-electron chi connectivity index (χ2n) is 4.87. The van der Waals surface area contributed by atoms with Crippen molar-refractivity contribution in [1.82, 2.24) is 9.97 Å². The van der Waals surface area contributed by atoms with E-state index in [1.807, 2.05) is 55.5 Å². The molecule has 0 atom stereocenters. The minimum absolute atomic E-state index is 0.730. The van der Waals surface area contributed by atoms with Crippen LogP contribution in [-0.2, 0) is 0 Å². The summed E-state index contributed by atoms with van der Waals surface area (Å²) in [7, 11) is 1.65. The maximum Gasteiger partial charge on any atom is 0.134 e. The van der Waals surface area contributed by atoms with Gasteiger partial charge in [0.15, 0.2) is 0 Å². The molecule has 3 rings (SSSR count). The van der Waals surface area contributed by atoms with Crippen LogP contribution in [0.1, 0.15) is 5.56 Å². The minimum Gasteiger partial charge on any atom is -0.496 e. The Hall–Kier alpha value is -2.88. The Balaban J connectivity index is 1.91. The first-order valence-electron chi connectivity index (χ1n) is 6.97. The molecule has 1 aromatic heterocycles. The van der Waals surface area contributed by atoms with Crippen LogP contribution in [0.25, 0.3) is 11.3 Å². The zero-order chi connectivity index (χ0) is 15.4. The van der Waals surface area contributed by atoms with E-state index in [1.165, 1.54) is 0 Å². The summed E-state index contributed by atoms with van der Waals surface area (Å²) in [5.41, 5.74) is 3.79. The van der Waals surface area contributed by atoms with E-state index < -0.39 is 0 Å². The lowest BCUT2D eigenvalue weighted by Gasteiger charge is -2.09. The highest BCUT2D eigenvalue weighted by Gasteiger charge is 2.07. The SMILES string of the molecule is COc1ccccc1-c1cc(Nc2c[c]c(C)cc2)ncn1. The highest BCUT2D eigenvalue weighted by Crippen LogP contribution is 2.29. The molecule has 22 heavy (non-hydrogen) atoms. The summed E-state index contributed by atoms with van der Waals surface area (Å²) >= 11 is 0. The molecular formula is C18H16N3O. The van der Waals surface area contributed by atoms with Crippen LogP contribution in [0.4, 0.5) is 11.5 Å². The van der Waals surface area contributed by atoms with Gasteiger partial charge in [-0.1, -0.05) is 18.2 Å². The number of para-hydroxylation sites is 1. The van der Waals surface area contributed by atoms with E-state index in [9.17, 15) is 0 Å². The minimum atomic E-state index is 0.730. The van der Waals surface area contributed by atoms with Crippen molar-refractivity contribution in [3.8, 4) is 17.0 Å². The Labute approximate surface area is 129 Å². The lowest BCUT2D eigenvalue weighted by molar-refractivity contribution is 0.416. The molecule has 0 spiro atoms. The molecule has 4 heteroatoms. The van der Waals surface area contributed by atoms with Gasteiger partial charge in [-0.15, -0.1) is 0 Å². The lowest BCUT2D eigenvalue weighted by Crippen LogP contribution is -1.96. The summed E-state index contributed by atoms with van der Waals surface area (Å²) in [6.45, 7) is 2.01. The molecular weight excluding hydrogens is 274 g/mol. The number of hydrogen-bond donors (Lipinski definition) is 1. The third-order valence-electron chi connectivity index (χ3n) is 3.29. The van der Waals surface area contributed by atoms with Crippen molar-refractivity contribution in [2.24, 2.45) is 0 Å². The maximum atomic E-state index is 5.39. The fourth-order valence-corrected chi connectivity index (χ4v) is 2.16. The Bertz CT molecular complexity index is 769. The Kier molecular flexibility index (Phi) is 4.01. The molecule has 0 aliphatic heterocycles. The van der Waals surface area contributed by atoms with E-state index in [1.54, 1.807) is 13.4 Å². The summed E-state index contributed by atoms with van der Waals surface area (Å²) < 4.78 is 5.39. The van der Waals surface area contributed by atoms with Crippen LogP contribution in [0.3, 0.4) is 0 Å². The normalized spacial score (nSPS) is 10.3. The number of methoxy groups -OCH3 is 1. The van der Waals surface area contributed by atoms with Gasteiger partial charge >= 0.3 is 0 Å². The molecule has 1 heterocycles. The van der Waals surface area contributed by atoms with Crippen molar-refractivity contribution in [2.75, 3.05) is 12.4 Å². The van der Waals surface area contributed by atoms with Crippen LogP contribution >= 0.6 is 0 Å². The average molecular weight is 290 g/mol. The predicted molar refractivity (Wildman–Crippen MR) is 87.3 cm³/mol. The van der Waals surface area contributed by atoms with Crippen molar-refractivity contribution < 1.29 is 4.74 Å². The number of nitrogens with zero attached hydrogens (tertiary/aromatic N) is 2. The third-order valence-corrected chi connectivity index (χ3v) is 3.29. The van der Waals surface area contributed by atoms with Gasteiger partial charge in [0.1, 0.15) is 17.9 Å². The number of nitrogens with one attached hydrogen (secondary N) is 1. The standard InChI is InChI=1S/C18H16N3O/c1-13-7-9-14(10-8-13)21-18-11-16(19-12-20-18)15-5-3-4-6-17(15)22-2/h3-7,9-12H,1-2H3,(H,19,20,21). The van der Waals surface area contributed by atoms with Gasteiger partial charge in [0.05, 0.1) is 12.8 Å². The van der Waals surface area contributed by atoms with Crippen molar-refractivity contribution in [3.63, 3.8) is 0 Å². The third kappa shape index (κ3) is 3.06. The summed E-state index contributed by atoms with van der Waals surface area (Å²) in [4.78, 5) is 8.60. The maximum absolute atomic E-state index is 5.39. The van der Waals surface area contributed by atoms with Gasteiger partial charge in [-0.25, -0.2) is 9.97 Å². The first kappa shape index (κ1) is 14.1. The van der Waals surface area contributed by atoms with Crippen LogP contribution in [0.5, 0.6) is 5.75 Å². The molecule has 0 bridgehead atoms. The van der Waals surface area contributed by atoms with Crippen LogP contribution in [0, 0.1) is 13.0 Å². The van der Waals surface area contributed by atoms with Gasteiger partial charge in [0, 0.05) is 17.3 Å². The topological polar surface area (TPSA) is 47.0 Å². The van der Waals surface area contributed by atoms with Gasteiger partial charge in [0.2, 0.25) is 0 Å². The molecule has 1 N–H and O–H groups in total. The lowest BCUT2D eigenvalue weighted by atomic mass is 10.1. The fourth-order valence-electron chi connectivity index (χ4n) is 2.16. The number of anilines is 2. The fraction of sp³-hybridized carbons (Fsp3) is 0.111. The molecule has 109 valence electrons. The number of aromatic nitrogens is 2. The second-order valence-corrected chi connectivity index (χ2v) is 4.87. The Morgan fingerprint density at radius 3 is 2.73 bits per heavy atom. The Morgan fingerprint density at radius 2 is 1.95 bits per heavy atom. The molecule has 0 amide bonds. The Morgan fingerprint density at radius 1 is 1.09 bits per heavy atom. The van der Waals surface area contributed by atoms with Gasteiger partial charge in [-0.2, -0.15) is 0 Å². The first-order valence-corrected chi connectivity index (χ1v) is 6.97. The molecule has 0 fully saturated rings. The molecule has 2 aromatic carbocycles. The molecule has 0 unspecified atom stereocenters. The second kappa shape index (κ2) is 6.26. The molecule has 0 aliphatic carbocycles. The van der Waals surface area contributed by atoms with Crippen molar-refractivity contribution >= 4 is 11.5 Å². The monoisotopic (exact) mass is 290 g/mol. The summed E-state index contributed by atoms with van der Waals surface area (Å²) in [6.07, 6.45) is 1.54. The van der Waals surface area contributed by atoms with Gasteiger partial charge < -0.3 is 10.1 Å². The van der Waals surface area contributed by atoms with Gasteiger partial charge in [-0.05, 0) is 42.8 Å². The number of aryl methyl sites for hydroxylation is 1. The van der Waals surface area contributed by atoms with Crippen molar-refractivity contribution in [2.45, 2.75) is 6.92 Å². The van der Waals surface area contributed by atoms with E-state index in [4.69, 9.17) is 4.74 Å². The molecule has 0 aliphatic rings. The van der Waals surface area contributed by atoms with Gasteiger partial charge in [-0.3, -0.25) is 0 Å². The average Bonchev–Trinajstić information content (AvgIpc) is 2.57. The summed E-state index contributed by atoms with van der Waals surface area (Å²) in [5.74, 6) is 1.52. The van der Waals surface area contributed by atoms with E-state index in [0.717, 1.165) is 34.1 Å². The van der Waals surface area contributed by atoms with Crippen LogP contribution in [-0.4, -0.2) is 17.1 Å². The zero-order valence-corrected chi connectivity index (χ0v) is 12.5. The number of rotatable bonds is 4. The zero-order valence-electron chi connectivity index (χ0n) is 12.5.